The highest BCUT2D eigenvalue weighted by Gasteiger charge is 2.21. The second-order valence-corrected chi connectivity index (χ2v) is 6.47. The Kier molecular flexibility index (Phi) is 6.16. The third-order valence-corrected chi connectivity index (χ3v) is 4.88. The van der Waals surface area contributed by atoms with Crippen LogP contribution in [0, 0.1) is 5.92 Å². The highest BCUT2D eigenvalue weighted by Crippen LogP contribution is 2.30. The molecule has 2 rings (SSSR count). The largest absolute Gasteiger partial charge is 0.317 e. The van der Waals surface area contributed by atoms with Crippen LogP contribution < -0.4 is 5.32 Å². The monoisotopic (exact) mass is 314 g/mol. The van der Waals surface area contributed by atoms with Gasteiger partial charge >= 0.3 is 0 Å². The molecule has 2 nitrogen and oxygen atoms in total. The Labute approximate surface area is 132 Å². The minimum Gasteiger partial charge on any atom is -0.317 e. The van der Waals surface area contributed by atoms with Crippen LogP contribution in [0.5, 0.6) is 0 Å². The van der Waals surface area contributed by atoms with Gasteiger partial charge in [-0.25, -0.2) is 0 Å². The maximum Gasteiger partial charge on any atom is 0.0468 e. The Bertz CT molecular complexity index is 430. The predicted octanol–water partition coefficient (Wildman–Crippen LogP) is 4.38. The first-order chi connectivity index (χ1) is 9.61. The summed E-state index contributed by atoms with van der Waals surface area (Å²) in [4.78, 5) is 2.52. The van der Waals surface area contributed by atoms with Crippen molar-refractivity contribution < 1.29 is 0 Å². The highest BCUT2D eigenvalue weighted by molar-refractivity contribution is 6.35. The molecule has 0 radical (unpaired) electrons. The molecule has 0 spiro atoms. The Hall–Kier alpha value is -0.280. The van der Waals surface area contributed by atoms with Crippen LogP contribution in [0.1, 0.15) is 38.3 Å². The molecule has 0 amide bonds. The van der Waals surface area contributed by atoms with Crippen molar-refractivity contribution in [2.24, 2.45) is 5.92 Å². The summed E-state index contributed by atoms with van der Waals surface area (Å²) in [6.07, 6.45) is 2.55. The first-order valence-corrected chi connectivity index (χ1v) is 8.27. The van der Waals surface area contributed by atoms with Gasteiger partial charge in [-0.1, -0.05) is 36.2 Å². The molecule has 1 aromatic carbocycles. The SMILES string of the molecule is CCN(CC1CCNCC1)C(C)c1ccc(Cl)cc1Cl. The van der Waals surface area contributed by atoms with Crippen molar-refractivity contribution in [1.29, 1.82) is 0 Å². The summed E-state index contributed by atoms with van der Waals surface area (Å²) in [5.41, 5.74) is 1.17. The van der Waals surface area contributed by atoms with Gasteiger partial charge in [-0.2, -0.15) is 0 Å². The number of hydrogen-bond donors (Lipinski definition) is 1. The zero-order valence-electron chi connectivity index (χ0n) is 12.3. The number of nitrogens with zero attached hydrogens (tertiary/aromatic N) is 1. The molecule has 1 aromatic rings. The van der Waals surface area contributed by atoms with E-state index in [0.717, 1.165) is 37.1 Å². The molecule has 0 saturated carbocycles. The van der Waals surface area contributed by atoms with Crippen LogP contribution in [-0.4, -0.2) is 31.1 Å². The van der Waals surface area contributed by atoms with Gasteiger partial charge in [-0.3, -0.25) is 4.90 Å². The van der Waals surface area contributed by atoms with Crippen molar-refractivity contribution in [2.45, 2.75) is 32.7 Å². The lowest BCUT2D eigenvalue weighted by atomic mass is 9.96. The van der Waals surface area contributed by atoms with Crippen LogP contribution in [-0.2, 0) is 0 Å². The molecule has 1 heterocycles. The van der Waals surface area contributed by atoms with E-state index < -0.39 is 0 Å². The number of hydrogen-bond acceptors (Lipinski definition) is 2. The Morgan fingerprint density at radius 3 is 2.60 bits per heavy atom. The normalized spacial score (nSPS) is 18.4. The standard InChI is InChI=1S/C16H24Cl2N2/c1-3-20(11-13-6-8-19-9-7-13)12(2)15-5-4-14(17)10-16(15)18/h4-5,10,12-13,19H,3,6-9,11H2,1-2H3. The Morgan fingerprint density at radius 1 is 1.30 bits per heavy atom. The maximum atomic E-state index is 6.35. The minimum absolute atomic E-state index is 0.333. The molecule has 112 valence electrons. The molecule has 1 saturated heterocycles. The van der Waals surface area contributed by atoms with E-state index >= 15 is 0 Å². The van der Waals surface area contributed by atoms with Gasteiger partial charge in [0, 0.05) is 22.6 Å². The minimum atomic E-state index is 0.333. The van der Waals surface area contributed by atoms with Gasteiger partial charge in [0.1, 0.15) is 0 Å². The van der Waals surface area contributed by atoms with E-state index in [2.05, 4.69) is 30.1 Å². The van der Waals surface area contributed by atoms with Gasteiger partial charge in [-0.05, 0) is 63.0 Å². The van der Waals surface area contributed by atoms with Crippen LogP contribution in [0.15, 0.2) is 18.2 Å². The second-order valence-electron chi connectivity index (χ2n) is 5.62. The molecule has 0 aromatic heterocycles. The first-order valence-electron chi connectivity index (χ1n) is 7.51. The van der Waals surface area contributed by atoms with Gasteiger partial charge in [0.05, 0.1) is 0 Å². The fraction of sp³-hybridized carbons (Fsp3) is 0.625. The number of rotatable bonds is 5. The quantitative estimate of drug-likeness (QED) is 0.867. The van der Waals surface area contributed by atoms with Crippen molar-refractivity contribution in [2.75, 3.05) is 26.2 Å². The molecular formula is C16H24Cl2N2. The number of nitrogens with one attached hydrogen (secondary N) is 1. The average Bonchev–Trinajstić information content (AvgIpc) is 2.45. The third kappa shape index (κ3) is 4.11. The van der Waals surface area contributed by atoms with Crippen LogP contribution >= 0.6 is 23.2 Å². The zero-order chi connectivity index (χ0) is 14.5. The average molecular weight is 315 g/mol. The second kappa shape index (κ2) is 7.65. The molecule has 1 fully saturated rings. The summed E-state index contributed by atoms with van der Waals surface area (Å²) >= 11 is 12.3. The van der Waals surface area contributed by atoms with E-state index in [-0.39, 0.29) is 0 Å². The van der Waals surface area contributed by atoms with Crippen molar-refractivity contribution >= 4 is 23.2 Å². The fourth-order valence-electron chi connectivity index (χ4n) is 2.99. The Balaban J connectivity index is 2.05. The summed E-state index contributed by atoms with van der Waals surface area (Å²) in [5, 5.41) is 4.90. The molecule has 4 heteroatoms. The van der Waals surface area contributed by atoms with Crippen LogP contribution in [0.2, 0.25) is 10.0 Å². The molecule has 1 atom stereocenters. The number of benzene rings is 1. The number of piperidine rings is 1. The molecule has 1 aliphatic rings. The van der Waals surface area contributed by atoms with Gasteiger partial charge in [0.2, 0.25) is 0 Å². The third-order valence-electron chi connectivity index (χ3n) is 4.32. The van der Waals surface area contributed by atoms with E-state index in [4.69, 9.17) is 23.2 Å². The summed E-state index contributed by atoms with van der Waals surface area (Å²) in [6, 6.07) is 6.16. The van der Waals surface area contributed by atoms with E-state index in [9.17, 15) is 0 Å². The highest BCUT2D eigenvalue weighted by atomic mass is 35.5. The summed E-state index contributed by atoms with van der Waals surface area (Å²) in [5.74, 6) is 0.796. The molecule has 0 aliphatic carbocycles. The first kappa shape index (κ1) is 16.1. The van der Waals surface area contributed by atoms with Crippen molar-refractivity contribution in [3.05, 3.63) is 33.8 Å². The van der Waals surface area contributed by atoms with Crippen LogP contribution in [0.4, 0.5) is 0 Å². The lowest BCUT2D eigenvalue weighted by Gasteiger charge is -2.34. The summed E-state index contributed by atoms with van der Waals surface area (Å²) in [6.45, 7) is 8.96. The smallest absolute Gasteiger partial charge is 0.0468 e. The van der Waals surface area contributed by atoms with Gasteiger partial charge in [0.15, 0.2) is 0 Å². The Morgan fingerprint density at radius 2 is 2.00 bits per heavy atom. The molecule has 0 bridgehead atoms. The predicted molar refractivity (Wildman–Crippen MR) is 87.7 cm³/mol. The molecule has 1 N–H and O–H groups in total. The van der Waals surface area contributed by atoms with Gasteiger partial charge in [0.25, 0.3) is 0 Å². The van der Waals surface area contributed by atoms with Crippen molar-refractivity contribution in [3.8, 4) is 0 Å². The lowest BCUT2D eigenvalue weighted by Crippen LogP contribution is -2.37. The molecule has 1 aliphatic heterocycles. The lowest BCUT2D eigenvalue weighted by molar-refractivity contribution is 0.169. The summed E-state index contributed by atoms with van der Waals surface area (Å²) < 4.78 is 0. The van der Waals surface area contributed by atoms with Gasteiger partial charge in [-0.15, -0.1) is 0 Å². The van der Waals surface area contributed by atoms with Gasteiger partial charge < -0.3 is 5.32 Å². The molecule has 20 heavy (non-hydrogen) atoms. The zero-order valence-corrected chi connectivity index (χ0v) is 13.8. The topological polar surface area (TPSA) is 15.3 Å². The summed E-state index contributed by atoms with van der Waals surface area (Å²) in [7, 11) is 0. The van der Waals surface area contributed by atoms with E-state index in [1.54, 1.807) is 0 Å². The molecular weight excluding hydrogens is 291 g/mol. The number of halogens is 2. The fourth-order valence-corrected chi connectivity index (χ4v) is 3.56. The van der Waals surface area contributed by atoms with E-state index in [1.807, 2.05) is 12.1 Å². The van der Waals surface area contributed by atoms with Crippen molar-refractivity contribution in [1.82, 2.24) is 10.2 Å². The maximum absolute atomic E-state index is 6.35. The van der Waals surface area contributed by atoms with Crippen LogP contribution in [0.25, 0.3) is 0 Å². The van der Waals surface area contributed by atoms with Crippen molar-refractivity contribution in [3.63, 3.8) is 0 Å². The van der Waals surface area contributed by atoms with E-state index in [0.29, 0.717) is 11.1 Å². The van der Waals surface area contributed by atoms with E-state index in [1.165, 1.54) is 18.4 Å². The van der Waals surface area contributed by atoms with Crippen LogP contribution in [0.3, 0.4) is 0 Å². The molecule has 1 unspecified atom stereocenters.